The molecule has 0 radical (unpaired) electrons. The number of thiophene rings is 2. The van der Waals surface area contributed by atoms with Crippen LogP contribution in [0, 0.1) is 0 Å². The lowest BCUT2D eigenvalue weighted by atomic mass is 10.0. The van der Waals surface area contributed by atoms with Crippen molar-refractivity contribution in [3.05, 3.63) is 91.9 Å². The maximum absolute atomic E-state index is 13.0. The molecule has 1 amide bonds. The van der Waals surface area contributed by atoms with Crippen LogP contribution in [-0.4, -0.2) is 22.3 Å². The Morgan fingerprint density at radius 2 is 1.82 bits per heavy atom. The zero-order valence-electron chi connectivity index (χ0n) is 18.1. The number of nitrogens with zero attached hydrogens (tertiary/aromatic N) is 2. The first-order chi connectivity index (χ1) is 16.6. The minimum absolute atomic E-state index is 0.126. The van der Waals surface area contributed by atoms with Gasteiger partial charge < -0.3 is 5.32 Å². The fourth-order valence-electron chi connectivity index (χ4n) is 4.33. The average molecular weight is 522 g/mol. The van der Waals surface area contributed by atoms with Crippen molar-refractivity contribution in [1.29, 1.82) is 0 Å². The Labute approximate surface area is 214 Å². The second-order valence-corrected chi connectivity index (χ2v) is 12.0. The smallest absolute Gasteiger partial charge is 0.266 e. The summed E-state index contributed by atoms with van der Waals surface area (Å²) >= 11 is 10.7. The number of hydrogen-bond donors (Lipinski definition) is 1. The van der Waals surface area contributed by atoms with Gasteiger partial charge in [-0.25, -0.2) is 4.98 Å². The number of anilines is 1. The predicted octanol–water partition coefficient (Wildman–Crippen LogP) is 7.55. The highest BCUT2D eigenvalue weighted by Crippen LogP contribution is 2.46. The van der Waals surface area contributed by atoms with Gasteiger partial charge in [-0.1, -0.05) is 54.1 Å². The van der Waals surface area contributed by atoms with E-state index in [-0.39, 0.29) is 5.91 Å². The molecule has 1 aliphatic heterocycles. The molecule has 8 heteroatoms. The third kappa shape index (κ3) is 4.30. The quantitative estimate of drug-likeness (QED) is 0.259. The molecule has 0 bridgehead atoms. The maximum atomic E-state index is 13.0. The van der Waals surface area contributed by atoms with E-state index in [2.05, 4.69) is 46.6 Å². The summed E-state index contributed by atoms with van der Waals surface area (Å²) in [5, 5.41) is 5.03. The van der Waals surface area contributed by atoms with E-state index in [0.29, 0.717) is 9.21 Å². The van der Waals surface area contributed by atoms with E-state index in [9.17, 15) is 4.79 Å². The molecule has 0 unspecified atom stereocenters. The van der Waals surface area contributed by atoms with Gasteiger partial charge in [0.05, 0.1) is 19.4 Å². The van der Waals surface area contributed by atoms with Crippen molar-refractivity contribution < 1.29 is 4.79 Å². The van der Waals surface area contributed by atoms with Crippen LogP contribution in [-0.2, 0) is 19.5 Å². The number of thiazole rings is 1. The number of nitrogens with one attached hydrogen (secondary N) is 1. The van der Waals surface area contributed by atoms with Gasteiger partial charge in [0.2, 0.25) is 0 Å². The van der Waals surface area contributed by atoms with Crippen LogP contribution in [0.25, 0.3) is 20.8 Å². The summed E-state index contributed by atoms with van der Waals surface area (Å²) in [7, 11) is 0. The number of fused-ring (bicyclic) bond motifs is 2. The third-order valence-electron chi connectivity index (χ3n) is 5.92. The van der Waals surface area contributed by atoms with Crippen molar-refractivity contribution in [2.75, 3.05) is 11.9 Å². The maximum Gasteiger partial charge on any atom is 0.266 e. The van der Waals surface area contributed by atoms with Gasteiger partial charge in [-0.3, -0.25) is 9.69 Å². The van der Waals surface area contributed by atoms with Gasteiger partial charge in [0.25, 0.3) is 5.91 Å². The summed E-state index contributed by atoms with van der Waals surface area (Å²) in [6.45, 7) is 2.77. The number of aromatic nitrogens is 1. The van der Waals surface area contributed by atoms with Crippen LogP contribution in [0.4, 0.5) is 5.00 Å². The van der Waals surface area contributed by atoms with Crippen molar-refractivity contribution in [3.63, 3.8) is 0 Å². The van der Waals surface area contributed by atoms with Crippen LogP contribution in [0.1, 0.15) is 25.7 Å². The van der Waals surface area contributed by atoms with E-state index in [0.717, 1.165) is 51.8 Å². The fourth-order valence-corrected chi connectivity index (χ4v) is 7.66. The van der Waals surface area contributed by atoms with Gasteiger partial charge in [0, 0.05) is 30.1 Å². The van der Waals surface area contributed by atoms with Crippen molar-refractivity contribution in [1.82, 2.24) is 9.88 Å². The van der Waals surface area contributed by atoms with Crippen molar-refractivity contribution in [3.8, 4) is 10.6 Å². The minimum atomic E-state index is -0.126. The molecule has 0 atom stereocenters. The highest BCUT2D eigenvalue weighted by atomic mass is 35.5. The van der Waals surface area contributed by atoms with Gasteiger partial charge >= 0.3 is 0 Å². The molecule has 34 heavy (non-hydrogen) atoms. The van der Waals surface area contributed by atoms with E-state index < -0.39 is 0 Å². The molecule has 1 N–H and O–H groups in total. The predicted molar refractivity (Wildman–Crippen MR) is 144 cm³/mol. The third-order valence-corrected chi connectivity index (χ3v) is 9.33. The van der Waals surface area contributed by atoms with Gasteiger partial charge in [0.15, 0.2) is 0 Å². The van der Waals surface area contributed by atoms with E-state index >= 15 is 0 Å². The SMILES string of the molecule is O=C(Nc1sc2c(c1-c1nc3ccccc3s1)CCN(Cc1ccccc1)C2)c1ccc(Cl)s1. The molecule has 170 valence electrons. The first-order valence-electron chi connectivity index (χ1n) is 11.0. The molecule has 0 saturated heterocycles. The topological polar surface area (TPSA) is 45.2 Å². The number of amides is 1. The van der Waals surface area contributed by atoms with E-state index in [4.69, 9.17) is 16.6 Å². The number of benzene rings is 2. The van der Waals surface area contributed by atoms with Crippen LogP contribution in [0.3, 0.4) is 0 Å². The number of rotatable bonds is 5. The molecule has 4 nitrogen and oxygen atoms in total. The minimum Gasteiger partial charge on any atom is -0.312 e. The Bertz CT molecular complexity index is 1450. The standard InChI is InChI=1S/C26H20ClN3OS3/c27-22-11-10-20(32-22)24(31)29-26-23(25-28-18-8-4-5-9-19(18)33-25)17-12-13-30(15-21(17)34-26)14-16-6-2-1-3-7-16/h1-11H,12-15H2,(H,29,31). The lowest BCUT2D eigenvalue weighted by Gasteiger charge is -2.27. The number of para-hydroxylation sites is 1. The highest BCUT2D eigenvalue weighted by Gasteiger charge is 2.28. The molecule has 0 spiro atoms. The first-order valence-corrected chi connectivity index (χ1v) is 13.8. The molecule has 0 saturated carbocycles. The molecular weight excluding hydrogens is 502 g/mol. The monoisotopic (exact) mass is 521 g/mol. The zero-order chi connectivity index (χ0) is 23.1. The van der Waals surface area contributed by atoms with Crippen molar-refractivity contribution >= 4 is 66.7 Å². The van der Waals surface area contributed by atoms with Gasteiger partial charge in [-0.2, -0.15) is 0 Å². The summed E-state index contributed by atoms with van der Waals surface area (Å²) in [5.41, 5.74) is 4.70. The Morgan fingerprint density at radius 3 is 2.62 bits per heavy atom. The molecule has 4 heterocycles. The lowest BCUT2D eigenvalue weighted by molar-refractivity contribution is 0.103. The van der Waals surface area contributed by atoms with Gasteiger partial charge in [-0.15, -0.1) is 34.0 Å². The summed E-state index contributed by atoms with van der Waals surface area (Å²) in [6.07, 6.45) is 0.935. The summed E-state index contributed by atoms with van der Waals surface area (Å²) < 4.78 is 1.76. The Morgan fingerprint density at radius 1 is 1.00 bits per heavy atom. The van der Waals surface area contributed by atoms with Crippen LogP contribution in [0.2, 0.25) is 4.34 Å². The summed E-state index contributed by atoms with van der Waals surface area (Å²) in [4.78, 5) is 22.3. The van der Waals surface area contributed by atoms with Crippen LogP contribution < -0.4 is 5.32 Å². The molecule has 5 aromatic rings. The van der Waals surface area contributed by atoms with Crippen molar-refractivity contribution in [2.24, 2.45) is 0 Å². The number of halogens is 1. The van der Waals surface area contributed by atoms with E-state index in [1.165, 1.54) is 27.3 Å². The number of carbonyl (C=O) groups excluding carboxylic acids is 1. The molecule has 1 aliphatic rings. The van der Waals surface area contributed by atoms with Crippen molar-refractivity contribution in [2.45, 2.75) is 19.5 Å². The van der Waals surface area contributed by atoms with E-state index in [1.54, 1.807) is 34.8 Å². The number of hydrogen-bond acceptors (Lipinski definition) is 6. The largest absolute Gasteiger partial charge is 0.312 e. The van der Waals surface area contributed by atoms with Gasteiger partial charge in [-0.05, 0) is 41.8 Å². The Hall–Kier alpha value is -2.55. The van der Waals surface area contributed by atoms with Crippen LogP contribution >= 0.6 is 45.6 Å². The normalized spacial score (nSPS) is 13.8. The molecular formula is C26H20ClN3OS3. The fraction of sp³-hybridized carbons (Fsp3) is 0.154. The second-order valence-electron chi connectivity index (χ2n) is 8.20. The molecule has 0 aliphatic carbocycles. The molecule has 3 aromatic heterocycles. The van der Waals surface area contributed by atoms with E-state index in [1.807, 2.05) is 18.2 Å². The molecule has 2 aromatic carbocycles. The van der Waals surface area contributed by atoms with Crippen LogP contribution in [0.5, 0.6) is 0 Å². The zero-order valence-corrected chi connectivity index (χ0v) is 21.3. The molecule has 0 fully saturated rings. The Balaban J connectivity index is 1.37. The number of carbonyl (C=O) groups is 1. The Kier molecular flexibility index (Phi) is 5.97. The first kappa shape index (κ1) is 21.9. The second kappa shape index (κ2) is 9.24. The lowest BCUT2D eigenvalue weighted by Crippen LogP contribution is -2.29. The highest BCUT2D eigenvalue weighted by molar-refractivity contribution is 7.23. The van der Waals surface area contributed by atoms with Gasteiger partial charge in [0.1, 0.15) is 10.0 Å². The molecule has 6 rings (SSSR count). The summed E-state index contributed by atoms with van der Waals surface area (Å²) in [6, 6.07) is 22.3. The van der Waals surface area contributed by atoms with Crippen LogP contribution in [0.15, 0.2) is 66.7 Å². The summed E-state index contributed by atoms with van der Waals surface area (Å²) in [5.74, 6) is -0.126. The average Bonchev–Trinajstić information content (AvgIpc) is 3.55.